The lowest BCUT2D eigenvalue weighted by atomic mass is 9.85. The quantitative estimate of drug-likeness (QED) is 0.516. The van der Waals surface area contributed by atoms with E-state index in [4.69, 9.17) is 0 Å². The molecule has 0 aromatic rings. The predicted molar refractivity (Wildman–Crippen MR) is 64.8 cm³/mol. The molecule has 14 heavy (non-hydrogen) atoms. The number of carbonyl (C=O) groups excluding carboxylic acids is 1. The fourth-order valence-corrected chi connectivity index (χ4v) is 1.90. The van der Waals surface area contributed by atoms with Crippen molar-refractivity contribution in [1.82, 2.24) is 0 Å². The Labute approximate surface area is 89.3 Å². The molecule has 0 aliphatic carbocycles. The van der Waals surface area contributed by atoms with Crippen LogP contribution < -0.4 is 0 Å². The first-order valence-corrected chi connectivity index (χ1v) is 8.62. The first-order valence-electron chi connectivity index (χ1n) is 5.12. The number of Topliss-reactive ketones (excluding diaryl/α,β-unsaturated/α-hetero) is 1. The maximum Gasteiger partial charge on any atom is 0.130 e. The van der Waals surface area contributed by atoms with Crippen LogP contribution in [0, 0.1) is 16.9 Å². The Morgan fingerprint density at radius 3 is 2.14 bits per heavy atom. The summed E-state index contributed by atoms with van der Waals surface area (Å²) in [7, 11) is -1.24. The van der Waals surface area contributed by atoms with Crippen molar-refractivity contribution in [2.75, 3.05) is 0 Å². The molecule has 0 fully saturated rings. The van der Waals surface area contributed by atoms with Crippen LogP contribution in [0.1, 0.15) is 33.6 Å². The second-order valence-corrected chi connectivity index (χ2v) is 10.5. The monoisotopic (exact) mass is 210 g/mol. The lowest BCUT2D eigenvalue weighted by Gasteiger charge is -2.19. The molecule has 0 aliphatic rings. The lowest BCUT2D eigenvalue weighted by molar-refractivity contribution is -0.118. The molecular weight excluding hydrogens is 188 g/mol. The Hall–Kier alpha value is -0.553. The summed E-state index contributed by atoms with van der Waals surface area (Å²) in [4.78, 5) is 11.0. The molecule has 0 aromatic carbocycles. The molecule has 0 heterocycles. The number of carbonyl (C=O) groups is 1. The largest absolute Gasteiger partial charge is 0.300 e. The number of hydrogen-bond acceptors (Lipinski definition) is 1. The molecule has 0 saturated carbocycles. The second-order valence-electron chi connectivity index (χ2n) is 5.77. The molecule has 2 heteroatoms. The van der Waals surface area contributed by atoms with E-state index in [9.17, 15) is 4.79 Å². The minimum atomic E-state index is -1.24. The average molecular weight is 210 g/mol. The molecule has 0 N–H and O–H groups in total. The summed E-state index contributed by atoms with van der Waals surface area (Å²) in [5.74, 6) is 3.48. The predicted octanol–water partition coefficient (Wildman–Crippen LogP) is 3.26. The molecule has 80 valence electrons. The molecule has 0 bridgehead atoms. The Balaban J connectivity index is 4.22. The van der Waals surface area contributed by atoms with Crippen LogP contribution in [0.5, 0.6) is 0 Å². The summed E-state index contributed by atoms with van der Waals surface area (Å²) in [6, 6.07) is 0. The topological polar surface area (TPSA) is 17.1 Å². The van der Waals surface area contributed by atoms with Gasteiger partial charge in [-0.15, -0.1) is 11.5 Å². The van der Waals surface area contributed by atoms with E-state index in [-0.39, 0.29) is 11.2 Å². The van der Waals surface area contributed by atoms with Gasteiger partial charge in [0.05, 0.1) is 0 Å². The van der Waals surface area contributed by atoms with Crippen molar-refractivity contribution >= 4 is 13.9 Å². The van der Waals surface area contributed by atoms with Gasteiger partial charge in [-0.2, -0.15) is 0 Å². The van der Waals surface area contributed by atoms with Crippen molar-refractivity contribution in [2.24, 2.45) is 5.41 Å². The van der Waals surface area contributed by atoms with E-state index in [1.165, 1.54) is 0 Å². The molecule has 0 spiro atoms. The molecule has 0 amide bonds. The number of hydrogen-bond donors (Lipinski definition) is 0. The summed E-state index contributed by atoms with van der Waals surface area (Å²) in [6.07, 6.45) is 1.46. The van der Waals surface area contributed by atoms with Crippen LogP contribution in [0.25, 0.3) is 0 Å². The van der Waals surface area contributed by atoms with Gasteiger partial charge in [0.1, 0.15) is 13.9 Å². The van der Waals surface area contributed by atoms with Gasteiger partial charge in [-0.25, -0.2) is 0 Å². The van der Waals surface area contributed by atoms with Gasteiger partial charge in [-0.1, -0.05) is 33.5 Å². The van der Waals surface area contributed by atoms with Gasteiger partial charge >= 0.3 is 0 Å². The molecule has 0 rings (SSSR count). The normalized spacial score (nSPS) is 11.9. The van der Waals surface area contributed by atoms with E-state index in [0.29, 0.717) is 6.42 Å². The minimum absolute atomic E-state index is 0.0402. The van der Waals surface area contributed by atoms with Crippen LogP contribution >= 0.6 is 0 Å². The van der Waals surface area contributed by atoms with Gasteiger partial charge in [0, 0.05) is 12.8 Å². The number of rotatable bonds is 3. The fourth-order valence-electron chi connectivity index (χ4n) is 1.29. The van der Waals surface area contributed by atoms with Crippen LogP contribution in [0.4, 0.5) is 0 Å². The third-order valence-electron chi connectivity index (χ3n) is 1.76. The molecule has 0 unspecified atom stereocenters. The molecule has 0 atom stereocenters. The van der Waals surface area contributed by atoms with E-state index in [2.05, 4.69) is 45.0 Å². The minimum Gasteiger partial charge on any atom is -0.300 e. The van der Waals surface area contributed by atoms with E-state index < -0.39 is 8.07 Å². The Bertz CT molecular complexity index is 260. The maximum atomic E-state index is 11.0. The third-order valence-corrected chi connectivity index (χ3v) is 2.68. The van der Waals surface area contributed by atoms with Crippen molar-refractivity contribution in [3.63, 3.8) is 0 Å². The summed E-state index contributed by atoms with van der Waals surface area (Å²) in [6.45, 7) is 12.6. The Morgan fingerprint density at radius 2 is 1.79 bits per heavy atom. The van der Waals surface area contributed by atoms with E-state index >= 15 is 0 Å². The highest BCUT2D eigenvalue weighted by atomic mass is 28.3. The first-order chi connectivity index (χ1) is 6.12. The highest BCUT2D eigenvalue weighted by Crippen LogP contribution is 2.24. The lowest BCUT2D eigenvalue weighted by Crippen LogP contribution is -2.18. The average Bonchev–Trinajstić information content (AvgIpc) is 1.78. The standard InChI is InChI=1S/C12H22OSi/c1-11(13)10-12(2,3)8-7-9-14(4,5)6/h8,10H2,1-6H3. The SMILES string of the molecule is CC(=O)CC(C)(C)CC#C[Si](C)(C)C. The summed E-state index contributed by atoms with van der Waals surface area (Å²) >= 11 is 0. The zero-order valence-electron chi connectivity index (χ0n) is 10.3. The molecule has 0 radical (unpaired) electrons. The Morgan fingerprint density at radius 1 is 1.29 bits per heavy atom. The van der Waals surface area contributed by atoms with E-state index in [1.807, 2.05) is 0 Å². The van der Waals surface area contributed by atoms with E-state index in [1.54, 1.807) is 6.92 Å². The molecule has 1 nitrogen and oxygen atoms in total. The van der Waals surface area contributed by atoms with Gasteiger partial charge < -0.3 is 4.79 Å². The van der Waals surface area contributed by atoms with Gasteiger partial charge in [0.15, 0.2) is 0 Å². The zero-order valence-corrected chi connectivity index (χ0v) is 11.3. The van der Waals surface area contributed by atoms with Crippen molar-refractivity contribution < 1.29 is 4.79 Å². The molecule has 0 saturated heterocycles. The van der Waals surface area contributed by atoms with Gasteiger partial charge in [-0.05, 0) is 12.3 Å². The van der Waals surface area contributed by atoms with Crippen molar-refractivity contribution in [2.45, 2.75) is 53.3 Å². The summed E-state index contributed by atoms with van der Waals surface area (Å²) in [5, 5.41) is 0. The highest BCUT2D eigenvalue weighted by molar-refractivity contribution is 6.83. The maximum absolute atomic E-state index is 11.0. The van der Waals surface area contributed by atoms with Crippen molar-refractivity contribution in [3.05, 3.63) is 0 Å². The molecular formula is C12H22OSi. The summed E-state index contributed by atoms with van der Waals surface area (Å²) in [5.41, 5.74) is 3.37. The van der Waals surface area contributed by atoms with Crippen molar-refractivity contribution in [1.29, 1.82) is 0 Å². The third kappa shape index (κ3) is 8.06. The molecule has 0 aromatic heterocycles. The van der Waals surface area contributed by atoms with Gasteiger partial charge in [0.25, 0.3) is 0 Å². The van der Waals surface area contributed by atoms with Gasteiger partial charge in [0.2, 0.25) is 0 Å². The zero-order chi connectivity index (χ0) is 11.4. The fraction of sp³-hybridized carbons (Fsp3) is 0.750. The van der Waals surface area contributed by atoms with Crippen LogP contribution in [0.15, 0.2) is 0 Å². The van der Waals surface area contributed by atoms with Crippen LogP contribution in [0.3, 0.4) is 0 Å². The van der Waals surface area contributed by atoms with Crippen LogP contribution in [0.2, 0.25) is 19.6 Å². The van der Waals surface area contributed by atoms with E-state index in [0.717, 1.165) is 6.42 Å². The summed E-state index contributed by atoms with van der Waals surface area (Å²) < 4.78 is 0. The molecule has 0 aliphatic heterocycles. The van der Waals surface area contributed by atoms with Crippen LogP contribution in [-0.4, -0.2) is 13.9 Å². The van der Waals surface area contributed by atoms with Crippen molar-refractivity contribution in [3.8, 4) is 11.5 Å². The smallest absolute Gasteiger partial charge is 0.130 e. The van der Waals surface area contributed by atoms with Crippen LogP contribution in [-0.2, 0) is 4.79 Å². The number of ketones is 1. The van der Waals surface area contributed by atoms with Gasteiger partial charge in [-0.3, -0.25) is 0 Å². The second kappa shape index (κ2) is 4.79. The first kappa shape index (κ1) is 13.4. The highest BCUT2D eigenvalue weighted by Gasteiger charge is 2.18. The Kier molecular flexibility index (Phi) is 4.60.